The number of piperidine rings is 1. The highest BCUT2D eigenvalue weighted by Gasteiger charge is 2.41. The number of anilines is 2. The molecule has 2 aliphatic heterocycles. The number of benzene rings is 1. The Balaban J connectivity index is 1.77. The summed E-state index contributed by atoms with van der Waals surface area (Å²) in [6, 6.07) is 5.38. The van der Waals surface area contributed by atoms with Crippen LogP contribution in [0, 0.1) is 11.3 Å². The minimum Gasteiger partial charge on any atom is -0.444 e. The molecule has 2 aliphatic rings. The smallest absolute Gasteiger partial charge is 0.410 e. The fraction of sp³-hybridized carbons (Fsp3) is 0.579. The molecule has 2 N–H and O–H groups in total. The summed E-state index contributed by atoms with van der Waals surface area (Å²) >= 11 is 6.38. The number of ether oxygens (including phenoxy) is 2. The van der Waals surface area contributed by atoms with Crippen molar-refractivity contribution in [2.45, 2.75) is 44.9 Å². The van der Waals surface area contributed by atoms with Crippen molar-refractivity contribution in [2.75, 3.05) is 36.9 Å². The summed E-state index contributed by atoms with van der Waals surface area (Å²) in [5.74, 6) is 0. The number of hydrogen-bond donors (Lipinski definition) is 1. The van der Waals surface area contributed by atoms with Gasteiger partial charge < -0.3 is 25.0 Å². The van der Waals surface area contributed by atoms with Crippen LogP contribution in [0.4, 0.5) is 16.2 Å². The first-order valence-electron chi connectivity index (χ1n) is 9.05. The molecule has 1 aromatic carbocycles. The topological polar surface area (TPSA) is 91.8 Å². The van der Waals surface area contributed by atoms with Crippen molar-refractivity contribution in [3.63, 3.8) is 0 Å². The van der Waals surface area contributed by atoms with Gasteiger partial charge in [-0.25, -0.2) is 4.79 Å². The molecule has 0 bridgehead atoms. The maximum absolute atomic E-state index is 12.6. The Kier molecular flexibility index (Phi) is 5.41. The van der Waals surface area contributed by atoms with Crippen LogP contribution in [-0.4, -0.2) is 55.0 Å². The Hall–Kier alpha value is -2.17. The van der Waals surface area contributed by atoms with Gasteiger partial charge >= 0.3 is 6.09 Å². The molecule has 1 amide bonds. The minimum atomic E-state index is -0.533. The van der Waals surface area contributed by atoms with E-state index in [4.69, 9.17) is 26.8 Å². The van der Waals surface area contributed by atoms with Gasteiger partial charge in [0, 0.05) is 19.6 Å². The summed E-state index contributed by atoms with van der Waals surface area (Å²) in [5, 5.41) is 9.64. The van der Waals surface area contributed by atoms with Crippen molar-refractivity contribution in [1.29, 1.82) is 5.26 Å². The summed E-state index contributed by atoms with van der Waals surface area (Å²) in [4.78, 5) is 16.4. The van der Waals surface area contributed by atoms with Crippen LogP contribution in [0.15, 0.2) is 12.1 Å². The van der Waals surface area contributed by atoms with Crippen molar-refractivity contribution in [2.24, 2.45) is 0 Å². The summed E-state index contributed by atoms with van der Waals surface area (Å²) in [7, 11) is 0. The fourth-order valence-electron chi connectivity index (χ4n) is 3.58. The lowest BCUT2D eigenvalue weighted by Crippen LogP contribution is -2.61. The molecule has 7 nitrogen and oxygen atoms in total. The summed E-state index contributed by atoms with van der Waals surface area (Å²) < 4.78 is 11.5. The summed E-state index contributed by atoms with van der Waals surface area (Å²) in [5.41, 5.74) is 6.99. The highest BCUT2D eigenvalue weighted by atomic mass is 35.5. The van der Waals surface area contributed by atoms with E-state index in [1.165, 1.54) is 0 Å². The van der Waals surface area contributed by atoms with E-state index in [-0.39, 0.29) is 18.2 Å². The van der Waals surface area contributed by atoms with E-state index in [0.29, 0.717) is 42.5 Å². The lowest BCUT2D eigenvalue weighted by Gasteiger charge is -2.47. The van der Waals surface area contributed by atoms with Crippen LogP contribution in [0.5, 0.6) is 0 Å². The number of morpholine rings is 1. The SMILES string of the molecule is CC(C)(C)OC(=O)N1CCO[C@@H]2CN(c3cc(C#N)cc(N)c3Cl)CC[C@H]21. The van der Waals surface area contributed by atoms with Crippen molar-refractivity contribution < 1.29 is 14.3 Å². The molecular formula is C19H25ClN4O3. The molecule has 0 aliphatic carbocycles. The molecule has 27 heavy (non-hydrogen) atoms. The van der Waals surface area contributed by atoms with Crippen molar-refractivity contribution in [3.8, 4) is 6.07 Å². The molecule has 8 heteroatoms. The summed E-state index contributed by atoms with van der Waals surface area (Å²) in [6.07, 6.45) is 0.266. The summed E-state index contributed by atoms with van der Waals surface area (Å²) in [6.45, 7) is 7.81. The molecular weight excluding hydrogens is 368 g/mol. The van der Waals surface area contributed by atoms with Gasteiger partial charge in [0.25, 0.3) is 0 Å². The lowest BCUT2D eigenvalue weighted by atomic mass is 9.97. The highest BCUT2D eigenvalue weighted by Crippen LogP contribution is 2.36. The van der Waals surface area contributed by atoms with E-state index in [9.17, 15) is 10.1 Å². The van der Waals surface area contributed by atoms with Gasteiger partial charge in [0.1, 0.15) is 5.60 Å². The third kappa shape index (κ3) is 4.23. The second-order valence-electron chi connectivity index (χ2n) is 7.90. The van der Waals surface area contributed by atoms with E-state index in [2.05, 4.69) is 11.0 Å². The molecule has 146 valence electrons. The van der Waals surface area contributed by atoms with E-state index in [1.807, 2.05) is 20.8 Å². The van der Waals surface area contributed by atoms with E-state index >= 15 is 0 Å². The zero-order chi connectivity index (χ0) is 19.8. The van der Waals surface area contributed by atoms with E-state index in [1.54, 1.807) is 17.0 Å². The number of carbonyl (C=O) groups is 1. The second-order valence-corrected chi connectivity index (χ2v) is 8.27. The molecule has 2 fully saturated rings. The molecule has 0 spiro atoms. The monoisotopic (exact) mass is 392 g/mol. The quantitative estimate of drug-likeness (QED) is 0.738. The third-order valence-corrected chi connectivity index (χ3v) is 5.18. The lowest BCUT2D eigenvalue weighted by molar-refractivity contribution is -0.0799. The number of carbonyl (C=O) groups excluding carboxylic acids is 1. The fourth-order valence-corrected chi connectivity index (χ4v) is 3.81. The van der Waals surface area contributed by atoms with Gasteiger partial charge in [-0.2, -0.15) is 5.26 Å². The molecule has 0 aromatic heterocycles. The van der Waals surface area contributed by atoms with Crippen molar-refractivity contribution >= 4 is 29.1 Å². The van der Waals surface area contributed by atoms with Crippen LogP contribution in [0.3, 0.4) is 0 Å². The number of rotatable bonds is 1. The first-order valence-corrected chi connectivity index (χ1v) is 9.42. The van der Waals surface area contributed by atoms with Crippen LogP contribution < -0.4 is 10.6 Å². The zero-order valence-corrected chi connectivity index (χ0v) is 16.6. The molecule has 0 radical (unpaired) electrons. The van der Waals surface area contributed by atoms with Crippen molar-refractivity contribution in [3.05, 3.63) is 22.7 Å². The van der Waals surface area contributed by atoms with Gasteiger partial charge in [-0.3, -0.25) is 0 Å². The standard InChI is InChI=1S/C19H25ClN4O3/c1-19(2,3)27-18(25)24-6-7-26-16-11-23(5-4-14(16)24)15-9-12(10-21)8-13(22)17(15)20/h8-9,14,16H,4-7,11,22H2,1-3H3/t14-,16-/m1/s1. The number of amides is 1. The third-order valence-electron chi connectivity index (χ3n) is 4.77. The predicted molar refractivity (Wildman–Crippen MR) is 104 cm³/mol. The molecule has 0 saturated carbocycles. The Bertz CT molecular complexity index is 771. The number of halogens is 1. The first kappa shape index (κ1) is 19.6. The first-order chi connectivity index (χ1) is 12.7. The van der Waals surface area contributed by atoms with Crippen LogP contribution in [-0.2, 0) is 9.47 Å². The van der Waals surface area contributed by atoms with Crippen LogP contribution >= 0.6 is 11.6 Å². The Morgan fingerprint density at radius 3 is 2.81 bits per heavy atom. The highest BCUT2D eigenvalue weighted by molar-refractivity contribution is 6.35. The molecule has 3 rings (SSSR count). The second kappa shape index (κ2) is 7.45. The van der Waals surface area contributed by atoms with Gasteiger partial charge in [-0.05, 0) is 39.3 Å². The minimum absolute atomic E-state index is 0.0416. The van der Waals surface area contributed by atoms with Crippen molar-refractivity contribution in [1.82, 2.24) is 4.90 Å². The zero-order valence-electron chi connectivity index (χ0n) is 15.9. The van der Waals surface area contributed by atoms with Gasteiger partial charge in [0.05, 0.1) is 46.8 Å². The van der Waals surface area contributed by atoms with Gasteiger partial charge in [0.2, 0.25) is 0 Å². The largest absolute Gasteiger partial charge is 0.444 e. The van der Waals surface area contributed by atoms with Gasteiger partial charge in [0.15, 0.2) is 0 Å². The molecule has 0 unspecified atom stereocenters. The van der Waals surface area contributed by atoms with Crippen LogP contribution in [0.1, 0.15) is 32.8 Å². The van der Waals surface area contributed by atoms with Crippen LogP contribution in [0.25, 0.3) is 0 Å². The Morgan fingerprint density at radius 2 is 2.15 bits per heavy atom. The number of nitrogens with zero attached hydrogens (tertiary/aromatic N) is 3. The number of nitrogens with two attached hydrogens (primary N) is 1. The Labute approximate surface area is 164 Å². The van der Waals surface area contributed by atoms with E-state index in [0.717, 1.165) is 12.1 Å². The number of nitriles is 1. The van der Waals surface area contributed by atoms with E-state index < -0.39 is 5.60 Å². The average molecular weight is 393 g/mol. The number of hydrogen-bond acceptors (Lipinski definition) is 6. The molecule has 2 atom stereocenters. The maximum Gasteiger partial charge on any atom is 0.410 e. The van der Waals surface area contributed by atoms with Gasteiger partial charge in [-0.15, -0.1) is 0 Å². The number of nitrogen functional groups attached to an aromatic ring is 1. The average Bonchev–Trinajstić information content (AvgIpc) is 2.61. The molecule has 2 heterocycles. The number of fused-ring (bicyclic) bond motifs is 1. The van der Waals surface area contributed by atoms with Gasteiger partial charge in [-0.1, -0.05) is 11.6 Å². The molecule has 1 aromatic rings. The molecule has 2 saturated heterocycles. The van der Waals surface area contributed by atoms with Crippen LogP contribution in [0.2, 0.25) is 5.02 Å². The normalized spacial score (nSPS) is 22.8. The Morgan fingerprint density at radius 1 is 1.41 bits per heavy atom. The maximum atomic E-state index is 12.6. The predicted octanol–water partition coefficient (Wildman–Crippen LogP) is 3.01.